The van der Waals surface area contributed by atoms with E-state index in [2.05, 4.69) is 29.6 Å². The van der Waals surface area contributed by atoms with Gasteiger partial charge in [-0.1, -0.05) is 48.5 Å². The van der Waals surface area contributed by atoms with Crippen LogP contribution in [-0.4, -0.2) is 6.79 Å². The second kappa shape index (κ2) is 5.45. The third-order valence-electron chi connectivity index (χ3n) is 3.66. The minimum Gasteiger partial charge on any atom is -0.454 e. The Kier molecular flexibility index (Phi) is 3.16. The van der Waals surface area contributed by atoms with Gasteiger partial charge in [-0.3, -0.25) is 0 Å². The van der Waals surface area contributed by atoms with Crippen LogP contribution in [0.1, 0.15) is 0 Å². The van der Waals surface area contributed by atoms with Crippen LogP contribution < -0.4 is 14.8 Å². The molecule has 0 radical (unpaired) electrons. The summed E-state index contributed by atoms with van der Waals surface area (Å²) in [6, 6.07) is 24.5. The van der Waals surface area contributed by atoms with Crippen molar-refractivity contribution >= 4 is 11.4 Å². The number of benzene rings is 3. The van der Waals surface area contributed by atoms with Crippen molar-refractivity contribution < 1.29 is 9.47 Å². The van der Waals surface area contributed by atoms with Gasteiger partial charge in [-0.25, -0.2) is 0 Å². The van der Waals surface area contributed by atoms with Gasteiger partial charge in [-0.05, 0) is 23.8 Å². The van der Waals surface area contributed by atoms with E-state index in [0.29, 0.717) is 6.79 Å². The molecule has 0 aliphatic carbocycles. The summed E-state index contributed by atoms with van der Waals surface area (Å²) in [5.41, 5.74) is 4.40. The zero-order chi connectivity index (χ0) is 14.8. The number of rotatable bonds is 3. The van der Waals surface area contributed by atoms with Crippen molar-refractivity contribution in [1.29, 1.82) is 0 Å². The van der Waals surface area contributed by atoms with Crippen molar-refractivity contribution in [1.82, 2.24) is 0 Å². The summed E-state index contributed by atoms with van der Waals surface area (Å²) < 4.78 is 10.8. The zero-order valence-corrected chi connectivity index (χ0v) is 12.0. The van der Waals surface area contributed by atoms with Gasteiger partial charge in [0.25, 0.3) is 0 Å². The molecule has 0 saturated heterocycles. The lowest BCUT2D eigenvalue weighted by Gasteiger charge is -2.12. The highest BCUT2D eigenvalue weighted by Crippen LogP contribution is 2.36. The highest BCUT2D eigenvalue weighted by atomic mass is 16.7. The molecular weight excluding hydrogens is 274 g/mol. The Labute approximate surface area is 129 Å². The summed E-state index contributed by atoms with van der Waals surface area (Å²) >= 11 is 0. The maximum atomic E-state index is 5.43. The third-order valence-corrected chi connectivity index (χ3v) is 3.66. The van der Waals surface area contributed by atoms with Crippen molar-refractivity contribution in [3.8, 4) is 22.6 Å². The monoisotopic (exact) mass is 289 g/mol. The molecule has 1 aliphatic heterocycles. The van der Waals surface area contributed by atoms with Gasteiger partial charge in [-0.2, -0.15) is 0 Å². The number of para-hydroxylation sites is 1. The maximum Gasteiger partial charge on any atom is 0.231 e. The van der Waals surface area contributed by atoms with Gasteiger partial charge in [0.05, 0.1) is 0 Å². The van der Waals surface area contributed by atoms with Crippen molar-refractivity contribution in [3.63, 3.8) is 0 Å². The first-order chi connectivity index (χ1) is 10.9. The number of hydrogen-bond acceptors (Lipinski definition) is 3. The van der Waals surface area contributed by atoms with Crippen LogP contribution in [0.15, 0.2) is 72.8 Å². The van der Waals surface area contributed by atoms with E-state index < -0.39 is 0 Å². The first-order valence-corrected chi connectivity index (χ1v) is 7.21. The topological polar surface area (TPSA) is 30.5 Å². The van der Waals surface area contributed by atoms with E-state index in [9.17, 15) is 0 Å². The summed E-state index contributed by atoms with van der Waals surface area (Å²) in [5, 5.41) is 3.47. The van der Waals surface area contributed by atoms with Crippen molar-refractivity contribution in [3.05, 3.63) is 72.8 Å². The molecule has 1 aliphatic rings. The van der Waals surface area contributed by atoms with Gasteiger partial charge in [0.1, 0.15) is 0 Å². The molecule has 1 heterocycles. The maximum absolute atomic E-state index is 5.43. The standard InChI is InChI=1S/C19H15NO2/c1-2-6-14(7-3-1)16-8-4-5-9-17(16)20-15-10-11-18-19(12-15)22-13-21-18/h1-12,20H,13H2. The summed E-state index contributed by atoms with van der Waals surface area (Å²) in [6.07, 6.45) is 0. The molecule has 108 valence electrons. The summed E-state index contributed by atoms with van der Waals surface area (Å²) in [6.45, 7) is 0.291. The predicted molar refractivity (Wildman–Crippen MR) is 87.7 cm³/mol. The Morgan fingerprint density at radius 1 is 0.727 bits per heavy atom. The fourth-order valence-electron chi connectivity index (χ4n) is 2.59. The van der Waals surface area contributed by atoms with Crippen molar-refractivity contribution in [2.24, 2.45) is 0 Å². The molecule has 0 bridgehead atoms. The van der Waals surface area contributed by atoms with E-state index in [4.69, 9.17) is 9.47 Å². The Balaban J connectivity index is 1.69. The van der Waals surface area contributed by atoms with Crippen molar-refractivity contribution in [2.75, 3.05) is 12.1 Å². The fourth-order valence-corrected chi connectivity index (χ4v) is 2.59. The lowest BCUT2D eigenvalue weighted by atomic mass is 10.0. The first kappa shape index (κ1) is 12.8. The van der Waals surface area contributed by atoms with Crippen LogP contribution in [0.25, 0.3) is 11.1 Å². The molecule has 3 heteroatoms. The third kappa shape index (κ3) is 2.37. The molecule has 0 spiro atoms. The van der Waals surface area contributed by atoms with Crippen molar-refractivity contribution in [2.45, 2.75) is 0 Å². The van der Waals surface area contributed by atoms with Gasteiger partial charge >= 0.3 is 0 Å². The van der Waals surface area contributed by atoms with E-state index in [1.165, 1.54) is 11.1 Å². The molecule has 0 atom stereocenters. The normalized spacial score (nSPS) is 12.2. The average molecular weight is 289 g/mol. The van der Waals surface area contributed by atoms with Gasteiger partial charge < -0.3 is 14.8 Å². The smallest absolute Gasteiger partial charge is 0.231 e. The quantitative estimate of drug-likeness (QED) is 0.749. The summed E-state index contributed by atoms with van der Waals surface area (Å²) in [4.78, 5) is 0. The number of anilines is 2. The Morgan fingerprint density at radius 2 is 1.50 bits per heavy atom. The molecule has 0 saturated carbocycles. The molecule has 22 heavy (non-hydrogen) atoms. The summed E-state index contributed by atoms with van der Waals surface area (Å²) in [7, 11) is 0. The van der Waals surface area contributed by atoms with E-state index >= 15 is 0 Å². The van der Waals surface area contributed by atoms with E-state index in [1.54, 1.807) is 0 Å². The Hall–Kier alpha value is -2.94. The molecule has 0 aromatic heterocycles. The fraction of sp³-hybridized carbons (Fsp3) is 0.0526. The second-order valence-electron chi connectivity index (χ2n) is 5.10. The van der Waals surface area contributed by atoms with Crippen LogP contribution in [0.4, 0.5) is 11.4 Å². The number of fused-ring (bicyclic) bond motifs is 1. The average Bonchev–Trinajstić information content (AvgIpc) is 3.04. The molecule has 3 aromatic rings. The van der Waals surface area contributed by atoms with E-state index in [0.717, 1.165) is 22.9 Å². The highest BCUT2D eigenvalue weighted by Gasteiger charge is 2.13. The van der Waals surface area contributed by atoms with E-state index in [1.807, 2.05) is 48.5 Å². The lowest BCUT2D eigenvalue weighted by Crippen LogP contribution is -1.93. The molecule has 3 aromatic carbocycles. The van der Waals surface area contributed by atoms with Crippen LogP contribution >= 0.6 is 0 Å². The van der Waals surface area contributed by atoms with Crippen LogP contribution in [0.2, 0.25) is 0 Å². The number of ether oxygens (including phenoxy) is 2. The number of hydrogen-bond donors (Lipinski definition) is 1. The molecule has 0 amide bonds. The summed E-state index contributed by atoms with van der Waals surface area (Å²) in [5.74, 6) is 1.57. The van der Waals surface area contributed by atoms with E-state index in [-0.39, 0.29) is 0 Å². The van der Waals surface area contributed by atoms with Gasteiger partial charge in [-0.15, -0.1) is 0 Å². The predicted octanol–water partition coefficient (Wildman–Crippen LogP) is 4.83. The highest BCUT2D eigenvalue weighted by molar-refractivity contribution is 5.81. The molecule has 0 fully saturated rings. The van der Waals surface area contributed by atoms with Gasteiger partial charge in [0.15, 0.2) is 11.5 Å². The molecule has 4 rings (SSSR count). The molecule has 0 unspecified atom stereocenters. The van der Waals surface area contributed by atoms with Gasteiger partial charge in [0.2, 0.25) is 6.79 Å². The Bertz CT molecular complexity index is 800. The SMILES string of the molecule is c1ccc(-c2ccccc2Nc2ccc3c(c2)OCO3)cc1. The first-order valence-electron chi connectivity index (χ1n) is 7.21. The Morgan fingerprint density at radius 3 is 2.41 bits per heavy atom. The second-order valence-corrected chi connectivity index (χ2v) is 5.10. The minimum absolute atomic E-state index is 0.291. The van der Waals surface area contributed by atoms with Crippen LogP contribution in [0.3, 0.4) is 0 Å². The van der Waals surface area contributed by atoms with Crippen LogP contribution in [0.5, 0.6) is 11.5 Å². The molecule has 3 nitrogen and oxygen atoms in total. The van der Waals surface area contributed by atoms with Gasteiger partial charge in [0, 0.05) is 23.0 Å². The lowest BCUT2D eigenvalue weighted by molar-refractivity contribution is 0.174. The molecule has 1 N–H and O–H groups in total. The molecular formula is C19H15NO2. The van der Waals surface area contributed by atoms with Crippen LogP contribution in [0, 0.1) is 0 Å². The largest absolute Gasteiger partial charge is 0.454 e. The minimum atomic E-state index is 0.291. The zero-order valence-electron chi connectivity index (χ0n) is 12.0. The van der Waals surface area contributed by atoms with Crippen LogP contribution in [-0.2, 0) is 0 Å². The number of nitrogens with one attached hydrogen (secondary N) is 1.